The molecule has 0 fully saturated rings. The summed E-state index contributed by atoms with van der Waals surface area (Å²) in [6.07, 6.45) is -0.671. The van der Waals surface area contributed by atoms with Gasteiger partial charge in [0.25, 0.3) is 0 Å². The first-order valence-corrected chi connectivity index (χ1v) is 11.8. The number of sulfonamides is 1. The average molecular weight is 441 g/mol. The number of carbonyl (C=O) groups is 2. The van der Waals surface area contributed by atoms with Crippen molar-refractivity contribution in [3.8, 4) is 0 Å². The van der Waals surface area contributed by atoms with Gasteiger partial charge in [-0.15, -0.1) is 11.3 Å². The van der Waals surface area contributed by atoms with Gasteiger partial charge in [0, 0.05) is 11.6 Å². The van der Waals surface area contributed by atoms with Gasteiger partial charge in [-0.1, -0.05) is 6.92 Å². The predicted molar refractivity (Wildman–Crippen MR) is 95.8 cm³/mol. The average Bonchev–Trinajstić information content (AvgIpc) is 2.98. The molecule has 0 amide bonds. The number of fused-ring (bicyclic) bond motifs is 1. The first-order valence-electron chi connectivity index (χ1n) is 7.91. The molecule has 2 rings (SSSR count). The molecular weight excluding hydrogens is 420 g/mol. The highest BCUT2D eigenvalue weighted by Crippen LogP contribution is 2.45. The maximum absolute atomic E-state index is 12.6. The number of nitrogens with zero attached hydrogens (tertiary/aromatic N) is 1. The zero-order valence-corrected chi connectivity index (χ0v) is 17.0. The van der Waals surface area contributed by atoms with Crippen LogP contribution in [-0.4, -0.2) is 61.7 Å². The molecule has 0 aromatic carbocycles. The number of thiophene rings is 1. The third-order valence-electron chi connectivity index (χ3n) is 4.50. The Morgan fingerprint density at radius 3 is 2.44 bits per heavy atom. The number of sulfone groups is 1. The Morgan fingerprint density at radius 2 is 2.00 bits per heavy atom. The van der Waals surface area contributed by atoms with Crippen LogP contribution in [0.5, 0.6) is 0 Å². The summed E-state index contributed by atoms with van der Waals surface area (Å²) < 4.78 is 48.1. The zero-order valence-electron chi connectivity index (χ0n) is 14.5. The van der Waals surface area contributed by atoms with Crippen molar-refractivity contribution in [3.63, 3.8) is 0 Å². The van der Waals surface area contributed by atoms with Crippen molar-refractivity contribution in [3.05, 3.63) is 11.6 Å². The molecule has 0 bridgehead atoms. The summed E-state index contributed by atoms with van der Waals surface area (Å²) in [6.45, 7) is 3.20. The van der Waals surface area contributed by atoms with Gasteiger partial charge in [-0.25, -0.2) is 22.0 Å². The topological polar surface area (TPSA) is 172 Å². The Bertz CT molecular complexity index is 966. The van der Waals surface area contributed by atoms with Crippen LogP contribution in [0.1, 0.15) is 38.3 Å². The molecule has 0 spiro atoms. The Morgan fingerprint density at radius 1 is 1.41 bits per heavy atom. The molecule has 1 aromatic rings. The second-order valence-corrected chi connectivity index (χ2v) is 11.6. The summed E-state index contributed by atoms with van der Waals surface area (Å²) in [5.41, 5.74) is 0.139. The Balaban J connectivity index is 2.65. The molecule has 152 valence electrons. The number of carboxylic acid groups (broad SMARTS) is 2. The quantitative estimate of drug-likeness (QED) is 0.537. The third kappa shape index (κ3) is 4.16. The lowest BCUT2D eigenvalue weighted by atomic mass is 9.99. The number of rotatable bonds is 7. The number of nitrogens with two attached hydrogens (primary N) is 1. The minimum Gasteiger partial charge on any atom is -0.481 e. The van der Waals surface area contributed by atoms with E-state index in [-0.39, 0.29) is 26.9 Å². The van der Waals surface area contributed by atoms with E-state index in [0.29, 0.717) is 11.3 Å². The van der Waals surface area contributed by atoms with Crippen LogP contribution in [0.4, 0.5) is 0 Å². The molecule has 0 saturated heterocycles. The number of carboxylic acids is 2. The molecule has 0 aliphatic carbocycles. The second kappa shape index (κ2) is 7.47. The van der Waals surface area contributed by atoms with E-state index in [2.05, 4.69) is 0 Å². The molecule has 1 aliphatic rings. The van der Waals surface area contributed by atoms with E-state index in [1.54, 1.807) is 6.92 Å². The number of likely N-dealkylation sites (N-methyl/N-ethyl adjacent to an activating group) is 1. The molecule has 1 aromatic heterocycles. The van der Waals surface area contributed by atoms with E-state index in [9.17, 15) is 31.5 Å². The Kier molecular flexibility index (Phi) is 6.02. The van der Waals surface area contributed by atoms with Gasteiger partial charge in [0.05, 0.1) is 11.7 Å². The minimum absolute atomic E-state index is 0.00731. The van der Waals surface area contributed by atoms with Crippen molar-refractivity contribution in [1.29, 1.82) is 0 Å². The monoisotopic (exact) mass is 440 g/mol. The van der Waals surface area contributed by atoms with Crippen molar-refractivity contribution in [2.75, 3.05) is 6.54 Å². The van der Waals surface area contributed by atoms with Crippen molar-refractivity contribution in [1.82, 2.24) is 4.90 Å². The molecule has 13 heteroatoms. The van der Waals surface area contributed by atoms with Crippen LogP contribution in [0.25, 0.3) is 0 Å². The van der Waals surface area contributed by atoms with Crippen LogP contribution in [0.2, 0.25) is 0 Å². The van der Waals surface area contributed by atoms with Crippen LogP contribution in [0.15, 0.2) is 14.5 Å². The lowest BCUT2D eigenvalue weighted by molar-refractivity contribution is -0.151. The Labute approximate surface area is 160 Å². The van der Waals surface area contributed by atoms with E-state index in [4.69, 9.17) is 10.2 Å². The smallest absolute Gasteiger partial charge is 0.321 e. The van der Waals surface area contributed by atoms with Crippen LogP contribution in [0.3, 0.4) is 0 Å². The predicted octanol–water partition coefficient (Wildman–Crippen LogP) is 0.252. The van der Waals surface area contributed by atoms with Crippen LogP contribution >= 0.6 is 11.3 Å². The maximum Gasteiger partial charge on any atom is 0.321 e. The molecule has 27 heavy (non-hydrogen) atoms. The van der Waals surface area contributed by atoms with Gasteiger partial charge < -0.3 is 10.2 Å². The molecule has 3 atom stereocenters. The normalized spacial score (nSPS) is 23.0. The van der Waals surface area contributed by atoms with Gasteiger partial charge >= 0.3 is 11.9 Å². The fourth-order valence-corrected chi connectivity index (χ4v) is 7.59. The van der Waals surface area contributed by atoms with Crippen molar-refractivity contribution < 1.29 is 36.6 Å². The van der Waals surface area contributed by atoms with E-state index in [1.807, 2.05) is 0 Å². The Hall–Kier alpha value is -1.54. The lowest BCUT2D eigenvalue weighted by Crippen LogP contribution is -2.47. The highest BCUT2D eigenvalue weighted by atomic mass is 32.3. The molecule has 1 unspecified atom stereocenters. The third-order valence-corrected chi connectivity index (χ3v) is 9.82. The summed E-state index contributed by atoms with van der Waals surface area (Å²) in [5.74, 6) is -2.67. The van der Waals surface area contributed by atoms with E-state index in [1.165, 1.54) is 11.8 Å². The first kappa shape index (κ1) is 21.8. The van der Waals surface area contributed by atoms with Gasteiger partial charge in [-0.05, 0) is 26.0 Å². The highest BCUT2D eigenvalue weighted by molar-refractivity contribution is 7.95. The van der Waals surface area contributed by atoms with Gasteiger partial charge in [0.1, 0.15) is 14.5 Å². The highest BCUT2D eigenvalue weighted by Gasteiger charge is 2.44. The number of hydrogen-bond donors (Lipinski definition) is 3. The molecule has 4 N–H and O–H groups in total. The maximum atomic E-state index is 12.6. The summed E-state index contributed by atoms with van der Waals surface area (Å²) in [5, 5.41) is 22.7. The van der Waals surface area contributed by atoms with Crippen LogP contribution in [-0.2, 0) is 29.4 Å². The lowest BCUT2D eigenvalue weighted by Gasteiger charge is -2.38. The van der Waals surface area contributed by atoms with Crippen molar-refractivity contribution in [2.24, 2.45) is 5.14 Å². The standard InChI is InChI=1S/C14H20N2O8S3/c1-3-16(10(13(19)20)6-11(17)18)9-4-7(2)26(21,22)14-8(9)5-12(25-14)27(15,23)24/h5,7,9-10H,3-4,6H2,1-2H3,(H,17,18)(H,19,20)(H2,15,23,24)/t7-,9-,10?/m0/s1. The van der Waals surface area contributed by atoms with Crippen LogP contribution in [0, 0.1) is 0 Å². The summed E-state index contributed by atoms with van der Waals surface area (Å²) in [4.78, 5) is 24.1. The second-order valence-electron chi connectivity index (χ2n) is 6.24. The first-order chi connectivity index (χ1) is 12.3. The van der Waals surface area contributed by atoms with Gasteiger partial charge in [-0.3, -0.25) is 14.5 Å². The molecule has 10 nitrogen and oxygen atoms in total. The van der Waals surface area contributed by atoms with Crippen molar-refractivity contribution >= 4 is 43.1 Å². The SMILES string of the molecule is CCN(C(CC(=O)O)C(=O)O)[C@H]1C[C@H](C)S(=O)(=O)c2sc(S(N)(=O)=O)cc21. The number of hydrogen-bond acceptors (Lipinski definition) is 8. The zero-order chi connectivity index (χ0) is 20.7. The molecule has 1 aliphatic heterocycles. The van der Waals surface area contributed by atoms with Gasteiger partial charge in [0.15, 0.2) is 9.84 Å². The van der Waals surface area contributed by atoms with Gasteiger partial charge in [-0.2, -0.15) is 0 Å². The number of aliphatic carboxylic acids is 2. The molecule has 0 saturated carbocycles. The fourth-order valence-electron chi connectivity index (χ4n) is 3.20. The summed E-state index contributed by atoms with van der Waals surface area (Å²) in [7, 11) is -7.95. The van der Waals surface area contributed by atoms with E-state index >= 15 is 0 Å². The molecule has 0 radical (unpaired) electrons. The minimum atomic E-state index is -4.15. The summed E-state index contributed by atoms with van der Waals surface area (Å²) >= 11 is 0.527. The number of primary sulfonamides is 1. The van der Waals surface area contributed by atoms with E-state index < -0.39 is 55.6 Å². The molecular formula is C14H20N2O8S3. The molecule has 2 heterocycles. The van der Waals surface area contributed by atoms with Gasteiger partial charge in [0.2, 0.25) is 10.0 Å². The fraction of sp³-hybridized carbons (Fsp3) is 0.571. The van der Waals surface area contributed by atoms with Crippen molar-refractivity contribution in [2.45, 2.75) is 52.4 Å². The summed E-state index contributed by atoms with van der Waals surface area (Å²) in [6, 6.07) is -1.02. The van der Waals surface area contributed by atoms with Crippen LogP contribution < -0.4 is 5.14 Å². The largest absolute Gasteiger partial charge is 0.481 e. The van der Waals surface area contributed by atoms with E-state index in [0.717, 1.165) is 6.07 Å².